The molecule has 0 aliphatic carbocycles. The van der Waals surface area contributed by atoms with Crippen LogP contribution in [0.15, 0.2) is 4.79 Å². The van der Waals surface area contributed by atoms with Gasteiger partial charge < -0.3 is 5.11 Å². The van der Waals surface area contributed by atoms with Crippen LogP contribution in [0.4, 0.5) is 0 Å². The number of hydrogen-bond acceptors (Lipinski definition) is 3. The van der Waals surface area contributed by atoms with Gasteiger partial charge >= 0.3 is 11.7 Å². The number of carbonyl (C=O) groups is 1. The summed E-state index contributed by atoms with van der Waals surface area (Å²) in [6.07, 6.45) is 0.717. The number of aromatic nitrogens is 2. The third kappa shape index (κ3) is 3.22. The molecule has 0 bridgehead atoms. The Hall–Kier alpha value is -1.65. The summed E-state index contributed by atoms with van der Waals surface area (Å²) >= 11 is 0. The Labute approximate surface area is 113 Å². The van der Waals surface area contributed by atoms with Crippen LogP contribution in [-0.4, -0.2) is 20.6 Å². The van der Waals surface area contributed by atoms with Gasteiger partial charge in [0.2, 0.25) is 0 Å². The summed E-state index contributed by atoms with van der Waals surface area (Å²) in [5.41, 5.74) is 1.59. The van der Waals surface area contributed by atoms with E-state index in [0.717, 1.165) is 12.1 Å². The van der Waals surface area contributed by atoms with E-state index in [4.69, 9.17) is 5.11 Å². The maximum absolute atomic E-state index is 12.1. The molecule has 0 aromatic carbocycles. The number of nitrogens with zero attached hydrogens (tertiary/aromatic N) is 2. The van der Waals surface area contributed by atoms with Crippen LogP contribution in [0.1, 0.15) is 50.2 Å². The zero-order valence-corrected chi connectivity index (χ0v) is 12.2. The quantitative estimate of drug-likeness (QED) is 0.885. The average Bonchev–Trinajstić information content (AvgIpc) is 2.29. The first-order valence-corrected chi connectivity index (χ1v) is 6.59. The van der Waals surface area contributed by atoms with Gasteiger partial charge in [0.15, 0.2) is 0 Å². The molecule has 5 nitrogen and oxygen atoms in total. The highest BCUT2D eigenvalue weighted by molar-refractivity contribution is 5.70. The molecule has 5 heteroatoms. The maximum atomic E-state index is 12.1. The Morgan fingerprint density at radius 1 is 1.37 bits per heavy atom. The predicted octanol–water partition coefficient (Wildman–Crippen LogP) is 2.09. The molecule has 1 N–H and O–H groups in total. The zero-order chi connectivity index (χ0) is 14.7. The fourth-order valence-electron chi connectivity index (χ4n) is 2.57. The van der Waals surface area contributed by atoms with E-state index in [2.05, 4.69) is 18.8 Å². The van der Waals surface area contributed by atoms with Crippen molar-refractivity contribution in [3.8, 4) is 0 Å². The van der Waals surface area contributed by atoms with Gasteiger partial charge in [-0.1, -0.05) is 20.8 Å². The summed E-state index contributed by atoms with van der Waals surface area (Å²) in [5.74, 6) is -0.612. The molecule has 0 fully saturated rings. The molecular formula is C14H22N2O3. The summed E-state index contributed by atoms with van der Waals surface area (Å²) in [6, 6.07) is 0.0492. The van der Waals surface area contributed by atoms with E-state index < -0.39 is 5.97 Å². The summed E-state index contributed by atoms with van der Waals surface area (Å²) in [6.45, 7) is 9.62. The fourth-order valence-corrected chi connectivity index (χ4v) is 2.57. The third-order valence-corrected chi connectivity index (χ3v) is 3.55. The van der Waals surface area contributed by atoms with Gasteiger partial charge in [-0.2, -0.15) is 4.98 Å². The van der Waals surface area contributed by atoms with Crippen molar-refractivity contribution >= 4 is 5.97 Å². The molecule has 0 amide bonds. The Kier molecular flexibility index (Phi) is 4.86. The van der Waals surface area contributed by atoms with Crippen LogP contribution in [0.5, 0.6) is 0 Å². The standard InChI is InChI=1S/C14H22N2O3/c1-6-12(8(2)3)16-10(5)11(7-13(17)18)9(4)15-14(16)19/h8,12H,6-7H2,1-5H3,(H,17,18). The lowest BCUT2D eigenvalue weighted by Crippen LogP contribution is -2.33. The molecule has 19 heavy (non-hydrogen) atoms. The molecule has 0 spiro atoms. The van der Waals surface area contributed by atoms with Gasteiger partial charge in [-0.15, -0.1) is 0 Å². The first-order valence-electron chi connectivity index (χ1n) is 6.59. The highest BCUT2D eigenvalue weighted by Crippen LogP contribution is 2.23. The molecule has 0 aliphatic heterocycles. The third-order valence-electron chi connectivity index (χ3n) is 3.55. The Balaban J connectivity index is 3.48. The van der Waals surface area contributed by atoms with Gasteiger partial charge in [-0.05, 0) is 26.2 Å². The second kappa shape index (κ2) is 5.99. The lowest BCUT2D eigenvalue weighted by molar-refractivity contribution is -0.136. The number of hydrogen-bond donors (Lipinski definition) is 1. The first-order chi connectivity index (χ1) is 8.79. The Morgan fingerprint density at radius 2 is 1.95 bits per heavy atom. The van der Waals surface area contributed by atoms with Crippen LogP contribution in [0.2, 0.25) is 0 Å². The second-order valence-electron chi connectivity index (χ2n) is 5.20. The van der Waals surface area contributed by atoms with E-state index in [1.54, 1.807) is 18.4 Å². The second-order valence-corrected chi connectivity index (χ2v) is 5.20. The summed E-state index contributed by atoms with van der Waals surface area (Å²) in [4.78, 5) is 27.0. The molecule has 1 heterocycles. The summed E-state index contributed by atoms with van der Waals surface area (Å²) in [5, 5.41) is 8.97. The van der Waals surface area contributed by atoms with E-state index >= 15 is 0 Å². The van der Waals surface area contributed by atoms with E-state index in [-0.39, 0.29) is 18.2 Å². The normalized spacial score (nSPS) is 12.7. The van der Waals surface area contributed by atoms with Crippen molar-refractivity contribution in [1.82, 2.24) is 9.55 Å². The summed E-state index contributed by atoms with van der Waals surface area (Å²) < 4.78 is 1.65. The van der Waals surface area contributed by atoms with Crippen molar-refractivity contribution in [2.75, 3.05) is 0 Å². The molecule has 1 atom stereocenters. The van der Waals surface area contributed by atoms with Gasteiger partial charge in [0, 0.05) is 23.0 Å². The van der Waals surface area contributed by atoms with Crippen molar-refractivity contribution in [2.45, 2.75) is 53.5 Å². The largest absolute Gasteiger partial charge is 0.481 e. The number of aliphatic carboxylic acids is 1. The van der Waals surface area contributed by atoms with Gasteiger partial charge in [-0.3, -0.25) is 9.36 Å². The van der Waals surface area contributed by atoms with Gasteiger partial charge in [0.25, 0.3) is 0 Å². The van der Waals surface area contributed by atoms with Crippen LogP contribution < -0.4 is 5.69 Å². The molecule has 1 aromatic rings. The Morgan fingerprint density at radius 3 is 2.37 bits per heavy atom. The zero-order valence-electron chi connectivity index (χ0n) is 12.2. The molecule has 1 unspecified atom stereocenters. The molecule has 1 rings (SSSR count). The van der Waals surface area contributed by atoms with Crippen molar-refractivity contribution in [1.29, 1.82) is 0 Å². The van der Waals surface area contributed by atoms with Crippen LogP contribution >= 0.6 is 0 Å². The van der Waals surface area contributed by atoms with Crippen LogP contribution in [-0.2, 0) is 11.2 Å². The number of aryl methyl sites for hydroxylation is 1. The lowest BCUT2D eigenvalue weighted by atomic mass is 9.99. The molecule has 106 valence electrons. The first kappa shape index (κ1) is 15.4. The molecule has 0 saturated carbocycles. The average molecular weight is 266 g/mol. The molecular weight excluding hydrogens is 244 g/mol. The van der Waals surface area contributed by atoms with Crippen molar-refractivity contribution in [2.24, 2.45) is 5.92 Å². The van der Waals surface area contributed by atoms with Crippen molar-refractivity contribution in [3.05, 3.63) is 27.4 Å². The predicted molar refractivity (Wildman–Crippen MR) is 73.5 cm³/mol. The lowest BCUT2D eigenvalue weighted by Gasteiger charge is -2.25. The molecule has 1 aromatic heterocycles. The number of carboxylic acids is 1. The minimum Gasteiger partial charge on any atom is -0.481 e. The molecule has 0 saturated heterocycles. The highest BCUT2D eigenvalue weighted by atomic mass is 16.4. The Bertz CT molecular complexity index is 532. The minimum absolute atomic E-state index is 0.0492. The van der Waals surface area contributed by atoms with E-state index in [0.29, 0.717) is 17.2 Å². The SMILES string of the molecule is CCC(C(C)C)n1c(C)c(CC(=O)O)c(C)nc1=O. The number of rotatable bonds is 5. The van der Waals surface area contributed by atoms with Crippen LogP contribution in [0, 0.1) is 19.8 Å². The smallest absolute Gasteiger partial charge is 0.348 e. The van der Waals surface area contributed by atoms with Gasteiger partial charge in [0.05, 0.1) is 6.42 Å². The minimum atomic E-state index is -0.907. The van der Waals surface area contributed by atoms with E-state index in [1.807, 2.05) is 6.92 Å². The molecule has 0 aliphatic rings. The monoisotopic (exact) mass is 266 g/mol. The van der Waals surface area contributed by atoms with E-state index in [9.17, 15) is 9.59 Å². The van der Waals surface area contributed by atoms with Crippen molar-refractivity contribution < 1.29 is 9.90 Å². The topological polar surface area (TPSA) is 72.2 Å². The van der Waals surface area contributed by atoms with Crippen molar-refractivity contribution in [3.63, 3.8) is 0 Å². The summed E-state index contributed by atoms with van der Waals surface area (Å²) in [7, 11) is 0. The van der Waals surface area contributed by atoms with Crippen LogP contribution in [0.25, 0.3) is 0 Å². The van der Waals surface area contributed by atoms with E-state index in [1.165, 1.54) is 0 Å². The molecule has 0 radical (unpaired) electrons. The number of carboxylic acid groups (broad SMARTS) is 1. The van der Waals surface area contributed by atoms with Gasteiger partial charge in [-0.25, -0.2) is 4.79 Å². The highest BCUT2D eigenvalue weighted by Gasteiger charge is 2.21. The maximum Gasteiger partial charge on any atom is 0.348 e. The van der Waals surface area contributed by atoms with Gasteiger partial charge in [0.1, 0.15) is 0 Å². The van der Waals surface area contributed by atoms with Crippen LogP contribution in [0.3, 0.4) is 0 Å². The fraction of sp³-hybridized carbons (Fsp3) is 0.643.